The maximum absolute atomic E-state index is 14.9. The molecule has 0 aliphatic rings. The number of nitrogens with two attached hydrogens (primary N) is 3. The Morgan fingerprint density at radius 2 is 0.617 bits per heavy atom. The van der Waals surface area contributed by atoms with Gasteiger partial charge in [0.2, 0.25) is 59.1 Å². The van der Waals surface area contributed by atoms with Crippen molar-refractivity contribution in [3.63, 3.8) is 0 Å². The Kier molecular flexibility index (Phi) is 33.6. The lowest BCUT2D eigenvalue weighted by atomic mass is 9.98. The van der Waals surface area contributed by atoms with Crippen molar-refractivity contribution in [3.8, 4) is 28.7 Å². The molecule has 11 atom stereocenters. The third-order valence-corrected chi connectivity index (χ3v) is 17.0. The van der Waals surface area contributed by atoms with Crippen molar-refractivity contribution in [2.24, 2.45) is 23.1 Å². The highest BCUT2D eigenvalue weighted by Gasteiger charge is 2.37. The number of carbonyl (C=O) groups is 13. The fourth-order valence-corrected chi connectivity index (χ4v) is 10.8. The third-order valence-electron chi connectivity index (χ3n) is 17.0. The topological polar surface area (TPSA) is 606 Å². The summed E-state index contributed by atoms with van der Waals surface area (Å²) in [5, 5.41) is 113. The van der Waals surface area contributed by atoms with Crippen LogP contribution in [-0.2, 0) is 94.4 Å². The van der Waals surface area contributed by atoms with Gasteiger partial charge in [-0.05, 0) is 133 Å². The summed E-state index contributed by atoms with van der Waals surface area (Å²) < 4.78 is 0. The predicted molar refractivity (Wildman–Crippen MR) is 383 cm³/mol. The molecule has 25 N–H and O–H groups in total. The number of phenols is 5. The molecule has 0 fully saturated rings. The molecule has 576 valence electrons. The van der Waals surface area contributed by atoms with Gasteiger partial charge in [-0.3, -0.25) is 62.9 Å². The number of primary amides is 1. The molecule has 0 heterocycles. The summed E-state index contributed by atoms with van der Waals surface area (Å²) in [5.74, 6) is -17.1. The van der Waals surface area contributed by atoms with Gasteiger partial charge in [0, 0.05) is 51.5 Å². The van der Waals surface area contributed by atoms with Crippen molar-refractivity contribution in [1.82, 2.24) is 53.2 Å². The van der Waals surface area contributed by atoms with Crippen LogP contribution in [0, 0.1) is 11.3 Å². The van der Waals surface area contributed by atoms with E-state index in [9.17, 15) is 103 Å². The van der Waals surface area contributed by atoms with Crippen molar-refractivity contribution in [3.05, 3.63) is 149 Å². The van der Waals surface area contributed by atoms with Gasteiger partial charge in [0.15, 0.2) is 5.96 Å². The first-order chi connectivity index (χ1) is 50.7. The monoisotopic (exact) mass is 1490 g/mol. The molecule has 0 bridgehead atoms. The number of carboxylic acid groups (broad SMARTS) is 3. The third kappa shape index (κ3) is 30.0. The number of aliphatic carboxylic acids is 3. The molecule has 35 nitrogen and oxygen atoms in total. The standard InChI is InChI=1S/C72H92N14O21/c1-3-38(2)61(71(106)107)86-70(105)57(37-43-14-24-48(91)25-15-43)85-63(98)50(5-4-32-77-72(75)76)78-68(103)55(35-41-10-20-46(89)21-11-41)83-66(101)53(28-31-60(95)96)81-69(104)56(36-42-12-22-47(90)23-13-42)84-65(100)52(27-30-59(93)94)79-64(99)51(26-29-58(74)92)80-67(102)54(34-40-8-18-45(88)19-9-40)82-62(97)49(73)33-39-6-16-44(87)17-7-39/h6-25,38,49-57,61,87-91H,3-5,26-37,73H2,1-2H3,(H2,74,92)(H,78,103)(H,79,99)(H,80,102)(H,81,104)(H,82,97)(H,83,101)(H,84,100)(H,85,98)(H,86,105)(H,93,94)(H,95,96)(H,106,107)(H4,75,76,77)/t38-,49-,50-,51-,52-,53-,54-,55-,56-,57-,61-/m0/s1. The number of benzene rings is 5. The number of aromatic hydroxyl groups is 5. The largest absolute Gasteiger partial charge is 0.508 e. The maximum atomic E-state index is 14.9. The summed E-state index contributed by atoms with van der Waals surface area (Å²) in [4.78, 5) is 180. The van der Waals surface area contributed by atoms with Gasteiger partial charge in [-0.1, -0.05) is 80.9 Å². The van der Waals surface area contributed by atoms with E-state index in [-0.39, 0.29) is 78.5 Å². The summed E-state index contributed by atoms with van der Waals surface area (Å²) in [6.45, 7) is 3.25. The van der Waals surface area contributed by atoms with Crippen LogP contribution < -0.4 is 70.4 Å². The molecule has 0 aromatic heterocycles. The quantitative estimate of drug-likeness (QED) is 0.0124. The second kappa shape index (κ2) is 42.3. The summed E-state index contributed by atoms with van der Waals surface area (Å²) in [6.07, 6.45) is -5.77. The minimum absolute atomic E-state index is 0.00131. The average Bonchev–Trinajstić information content (AvgIpc) is 0.850. The van der Waals surface area contributed by atoms with Crippen molar-refractivity contribution in [1.29, 1.82) is 5.41 Å². The van der Waals surface area contributed by atoms with Crippen LogP contribution in [0.25, 0.3) is 0 Å². The summed E-state index contributed by atoms with van der Waals surface area (Å²) in [7, 11) is 0. The van der Waals surface area contributed by atoms with Crippen molar-refractivity contribution in [2.75, 3.05) is 6.54 Å². The highest BCUT2D eigenvalue weighted by Crippen LogP contribution is 2.20. The zero-order valence-corrected chi connectivity index (χ0v) is 58.6. The number of carbonyl (C=O) groups excluding carboxylic acids is 10. The SMILES string of the molecule is CC[C@H](C)[C@H](NC(=O)[C@H](Cc1ccc(O)cc1)NC(=O)[C@H](CCCNC(=N)N)NC(=O)[C@H](Cc1ccc(O)cc1)NC(=O)[C@H](CCC(=O)O)NC(=O)[C@H](Cc1ccc(O)cc1)NC(=O)[C@H](CCC(=O)O)NC(=O)[C@H](CCC(N)=O)NC(=O)[C@H](Cc1ccc(O)cc1)NC(=O)[C@@H](N)Cc1ccc(O)cc1)C(=O)O. The summed E-state index contributed by atoms with van der Waals surface area (Å²) in [5.41, 5.74) is 19.0. The molecule has 0 radical (unpaired) electrons. The number of guanidine groups is 1. The minimum atomic E-state index is -1.93. The smallest absolute Gasteiger partial charge is 0.326 e. The van der Waals surface area contributed by atoms with E-state index in [4.69, 9.17) is 22.6 Å². The molecule has 0 saturated carbocycles. The van der Waals surface area contributed by atoms with E-state index in [1.807, 2.05) is 0 Å². The molecule has 5 aromatic carbocycles. The molecular formula is C72H92N14O21. The Balaban J connectivity index is 1.48. The lowest BCUT2D eigenvalue weighted by Crippen LogP contribution is -2.61. The van der Waals surface area contributed by atoms with Crippen molar-refractivity contribution < 1.29 is 103 Å². The molecule has 5 rings (SSSR count). The zero-order chi connectivity index (χ0) is 79.0. The maximum Gasteiger partial charge on any atom is 0.326 e. The number of amides is 10. The molecule has 0 spiro atoms. The van der Waals surface area contributed by atoms with Crippen LogP contribution >= 0.6 is 0 Å². The van der Waals surface area contributed by atoms with Gasteiger partial charge in [0.05, 0.1) is 6.04 Å². The first-order valence-corrected chi connectivity index (χ1v) is 34.1. The van der Waals surface area contributed by atoms with E-state index in [1.54, 1.807) is 13.8 Å². The van der Waals surface area contributed by atoms with Gasteiger partial charge in [0.1, 0.15) is 83.1 Å². The van der Waals surface area contributed by atoms with Gasteiger partial charge < -0.3 is 111 Å². The number of hydrogen-bond acceptors (Lipinski definition) is 20. The van der Waals surface area contributed by atoms with Gasteiger partial charge in [-0.2, -0.15) is 0 Å². The van der Waals surface area contributed by atoms with Gasteiger partial charge in [0.25, 0.3) is 0 Å². The molecule has 107 heavy (non-hydrogen) atoms. The highest BCUT2D eigenvalue weighted by atomic mass is 16.4. The molecule has 0 aliphatic carbocycles. The van der Waals surface area contributed by atoms with E-state index < -0.39 is 201 Å². The molecule has 0 unspecified atom stereocenters. The fraction of sp³-hybridized carbons (Fsp3) is 0.389. The highest BCUT2D eigenvalue weighted by molar-refractivity contribution is 5.99. The van der Waals surface area contributed by atoms with Crippen LogP contribution in [0.5, 0.6) is 28.7 Å². The fourth-order valence-electron chi connectivity index (χ4n) is 10.8. The Bertz CT molecular complexity index is 3910. The van der Waals surface area contributed by atoms with Gasteiger partial charge >= 0.3 is 17.9 Å². The van der Waals surface area contributed by atoms with Gasteiger partial charge in [-0.15, -0.1) is 0 Å². The first kappa shape index (κ1) is 85.1. The number of rotatable bonds is 44. The van der Waals surface area contributed by atoms with Crippen LogP contribution in [0.15, 0.2) is 121 Å². The number of nitrogens with one attached hydrogen (secondary N) is 11. The van der Waals surface area contributed by atoms with Crippen LogP contribution in [0.4, 0.5) is 0 Å². The van der Waals surface area contributed by atoms with E-state index in [0.29, 0.717) is 23.1 Å². The summed E-state index contributed by atoms with van der Waals surface area (Å²) in [6, 6.07) is 10.5. The number of hydrogen-bond donors (Lipinski definition) is 22. The van der Waals surface area contributed by atoms with Gasteiger partial charge in [-0.25, -0.2) is 4.79 Å². The van der Waals surface area contributed by atoms with Crippen molar-refractivity contribution >= 4 is 82.9 Å². The Hall–Kier alpha value is -12.6. The molecule has 10 amide bonds. The number of carboxylic acids is 3. The number of phenolic OH excluding ortho intramolecular Hbond substituents is 5. The average molecular weight is 1490 g/mol. The molecule has 35 heteroatoms. The minimum Gasteiger partial charge on any atom is -0.508 e. The Morgan fingerprint density at radius 1 is 0.364 bits per heavy atom. The molecule has 5 aromatic rings. The molecule has 0 saturated heterocycles. The van der Waals surface area contributed by atoms with E-state index in [2.05, 4.69) is 53.2 Å². The Morgan fingerprint density at radius 3 is 0.888 bits per heavy atom. The van der Waals surface area contributed by atoms with Crippen molar-refractivity contribution in [2.45, 2.75) is 164 Å². The second-order valence-corrected chi connectivity index (χ2v) is 25.5. The zero-order valence-electron chi connectivity index (χ0n) is 58.6. The van der Waals surface area contributed by atoms with E-state index >= 15 is 0 Å². The predicted octanol–water partition coefficient (Wildman–Crippen LogP) is -1.19. The van der Waals surface area contributed by atoms with Crippen LogP contribution in [0.2, 0.25) is 0 Å². The molecular weight excluding hydrogens is 1400 g/mol. The van der Waals surface area contributed by atoms with E-state index in [0.717, 1.165) is 0 Å². The lowest BCUT2D eigenvalue weighted by Gasteiger charge is -2.28. The van der Waals surface area contributed by atoms with E-state index in [1.165, 1.54) is 121 Å². The lowest BCUT2D eigenvalue weighted by molar-refractivity contribution is -0.144. The van der Waals surface area contributed by atoms with Crippen LogP contribution in [0.1, 0.15) is 99.5 Å². The van der Waals surface area contributed by atoms with Crippen LogP contribution in [0.3, 0.4) is 0 Å². The summed E-state index contributed by atoms with van der Waals surface area (Å²) >= 11 is 0. The normalized spacial score (nSPS) is 14.0. The molecule has 0 aliphatic heterocycles. The second-order valence-electron chi connectivity index (χ2n) is 25.5. The Labute approximate surface area is 614 Å². The first-order valence-electron chi connectivity index (χ1n) is 34.1. The van der Waals surface area contributed by atoms with Crippen LogP contribution in [-0.4, -0.2) is 191 Å².